The van der Waals surface area contributed by atoms with E-state index in [0.717, 1.165) is 109 Å². The van der Waals surface area contributed by atoms with Crippen LogP contribution in [0.25, 0.3) is 0 Å². The molecule has 1 unspecified atom stereocenters. The van der Waals surface area contributed by atoms with Crippen molar-refractivity contribution in [3.63, 3.8) is 0 Å². The Morgan fingerprint density at radius 1 is 0.253 bits per heavy atom. The van der Waals surface area contributed by atoms with Gasteiger partial charge in [0.25, 0.3) is 0 Å². The van der Waals surface area contributed by atoms with Crippen molar-refractivity contribution in [2.24, 2.45) is 0 Å². The van der Waals surface area contributed by atoms with Gasteiger partial charge in [0.1, 0.15) is 13.2 Å². The fourth-order valence-corrected chi connectivity index (χ4v) is 10.2. The molecule has 478 valence electrons. The van der Waals surface area contributed by atoms with E-state index in [-0.39, 0.29) is 31.1 Å². The van der Waals surface area contributed by atoms with Crippen molar-refractivity contribution in [3.8, 4) is 0 Å². The second-order valence-electron chi connectivity index (χ2n) is 23.8. The fraction of sp³-hybridized carbons (Fsp3) is 0.753. The van der Waals surface area contributed by atoms with Crippen LogP contribution in [0.5, 0.6) is 0 Å². The first-order chi connectivity index (χ1) is 41.0. The highest BCUT2D eigenvalue weighted by molar-refractivity contribution is 5.71. The van der Waals surface area contributed by atoms with E-state index in [1.165, 1.54) is 205 Å². The highest BCUT2D eigenvalue weighted by Crippen LogP contribution is 2.17. The molecule has 0 aromatic heterocycles. The van der Waals surface area contributed by atoms with Crippen LogP contribution in [0.1, 0.15) is 355 Å². The van der Waals surface area contributed by atoms with Crippen molar-refractivity contribution in [2.45, 2.75) is 361 Å². The molecule has 0 saturated carbocycles. The largest absolute Gasteiger partial charge is 0.462 e. The predicted molar refractivity (Wildman–Crippen MR) is 362 cm³/mol. The maximum atomic E-state index is 13.0. The molecule has 0 saturated heterocycles. The minimum atomic E-state index is -0.783. The topological polar surface area (TPSA) is 78.9 Å². The lowest BCUT2D eigenvalue weighted by atomic mass is 10.0. The summed E-state index contributed by atoms with van der Waals surface area (Å²) in [6.07, 6.45) is 95.7. The van der Waals surface area contributed by atoms with Crippen molar-refractivity contribution in [3.05, 3.63) is 97.2 Å². The molecule has 0 aliphatic heterocycles. The Morgan fingerprint density at radius 2 is 0.470 bits per heavy atom. The third kappa shape index (κ3) is 69.0. The molecule has 0 radical (unpaired) electrons. The highest BCUT2D eigenvalue weighted by Gasteiger charge is 2.19. The summed E-state index contributed by atoms with van der Waals surface area (Å²) in [5.74, 6) is -0.872. The van der Waals surface area contributed by atoms with E-state index in [1.807, 2.05) is 0 Å². The van der Waals surface area contributed by atoms with Crippen molar-refractivity contribution in [2.75, 3.05) is 13.2 Å². The number of unbranched alkanes of at least 4 members (excludes halogenated alkanes) is 38. The van der Waals surface area contributed by atoms with Gasteiger partial charge in [0.2, 0.25) is 0 Å². The Kier molecular flexibility index (Phi) is 67.7. The second-order valence-corrected chi connectivity index (χ2v) is 23.8. The zero-order chi connectivity index (χ0) is 59.9. The molecule has 0 bridgehead atoms. The number of ether oxygens (including phenoxy) is 3. The number of carbonyl (C=O) groups is 3. The van der Waals surface area contributed by atoms with Gasteiger partial charge in [-0.1, -0.05) is 330 Å². The van der Waals surface area contributed by atoms with Gasteiger partial charge in [-0.15, -0.1) is 0 Å². The number of hydrogen-bond donors (Lipinski definition) is 0. The van der Waals surface area contributed by atoms with Crippen molar-refractivity contribution >= 4 is 17.9 Å². The third-order valence-corrected chi connectivity index (χ3v) is 15.6. The zero-order valence-electron chi connectivity index (χ0n) is 54.9. The number of esters is 3. The van der Waals surface area contributed by atoms with E-state index in [0.29, 0.717) is 19.3 Å². The van der Waals surface area contributed by atoms with Gasteiger partial charge in [-0.2, -0.15) is 0 Å². The number of hydrogen-bond acceptors (Lipinski definition) is 6. The molecule has 1 atom stereocenters. The SMILES string of the molecule is CC/C=C\C/C=C\C/C=C\C/C=C\C/C=C\C/C=C\C/C=C\CCCCCCCCCC(=O)OCC(COC(=O)CCCCCCCCCCCCCCC)OC(=O)CCCCCCCCCCCCC/C=C\CCCCCCCCCC. The Balaban J connectivity index is 4.31. The van der Waals surface area contributed by atoms with E-state index >= 15 is 0 Å². The van der Waals surface area contributed by atoms with Crippen LogP contribution in [0.4, 0.5) is 0 Å². The van der Waals surface area contributed by atoms with E-state index in [1.54, 1.807) is 0 Å². The molecule has 83 heavy (non-hydrogen) atoms. The lowest BCUT2D eigenvalue weighted by Gasteiger charge is -2.18. The van der Waals surface area contributed by atoms with Crippen LogP contribution in [0.3, 0.4) is 0 Å². The van der Waals surface area contributed by atoms with E-state index < -0.39 is 6.10 Å². The average Bonchev–Trinajstić information content (AvgIpc) is 3.49. The summed E-state index contributed by atoms with van der Waals surface area (Å²) in [6.45, 7) is 6.56. The molecule has 0 N–H and O–H groups in total. The first kappa shape index (κ1) is 79.3. The van der Waals surface area contributed by atoms with Crippen LogP contribution in [0.15, 0.2) is 97.2 Å². The van der Waals surface area contributed by atoms with Gasteiger partial charge in [0.05, 0.1) is 0 Å². The van der Waals surface area contributed by atoms with Crippen LogP contribution >= 0.6 is 0 Å². The van der Waals surface area contributed by atoms with E-state index in [9.17, 15) is 14.4 Å². The third-order valence-electron chi connectivity index (χ3n) is 15.6. The standard InChI is InChI=1S/C77H134O6/c1-4-7-10-13-16-19-22-25-27-29-31-33-35-36-37-38-39-40-42-43-45-47-49-52-55-58-61-64-67-70-76(79)82-73-74(72-81-75(78)69-66-63-60-57-54-51-24-21-18-15-12-9-6-3)83-77(80)71-68-65-62-59-56-53-50-48-46-44-41-34-32-30-28-26-23-20-17-14-11-8-5-2/h7,10,16,19,25,27,30-33,36-37,39-40,43,45,74H,4-6,8-9,11-15,17-18,20-24,26,28-29,34-35,38,41-42,44,46-73H2,1-3H3/b10-7-,19-16-,27-25-,32-30-,33-31-,37-36-,40-39-,45-43-. The Labute approximate surface area is 515 Å². The minimum Gasteiger partial charge on any atom is -0.462 e. The Bertz CT molecular complexity index is 1610. The summed E-state index contributed by atoms with van der Waals surface area (Å²) < 4.78 is 17.0. The number of rotatable bonds is 65. The van der Waals surface area contributed by atoms with Crippen LogP contribution in [0, 0.1) is 0 Å². The van der Waals surface area contributed by atoms with Crippen molar-refractivity contribution in [1.29, 1.82) is 0 Å². The lowest BCUT2D eigenvalue weighted by Crippen LogP contribution is -2.30. The maximum Gasteiger partial charge on any atom is 0.306 e. The van der Waals surface area contributed by atoms with E-state index in [4.69, 9.17) is 14.2 Å². The minimum absolute atomic E-state index is 0.0774. The molecule has 0 rings (SSSR count). The summed E-state index contributed by atoms with van der Waals surface area (Å²) in [5.41, 5.74) is 0. The van der Waals surface area contributed by atoms with Gasteiger partial charge >= 0.3 is 17.9 Å². The fourth-order valence-electron chi connectivity index (χ4n) is 10.2. The van der Waals surface area contributed by atoms with Gasteiger partial charge < -0.3 is 14.2 Å². The monoisotopic (exact) mass is 1160 g/mol. The molecule has 0 aromatic rings. The molecular weight excluding hydrogens is 1020 g/mol. The smallest absolute Gasteiger partial charge is 0.306 e. The maximum absolute atomic E-state index is 13.0. The quantitative estimate of drug-likeness (QED) is 0.0261. The number of carbonyl (C=O) groups excluding carboxylic acids is 3. The van der Waals surface area contributed by atoms with Gasteiger partial charge in [-0.3, -0.25) is 14.4 Å². The molecule has 0 aromatic carbocycles. The molecule has 0 fully saturated rings. The van der Waals surface area contributed by atoms with Crippen molar-refractivity contribution in [1.82, 2.24) is 0 Å². The first-order valence-corrected chi connectivity index (χ1v) is 35.7. The van der Waals surface area contributed by atoms with Crippen LogP contribution < -0.4 is 0 Å². The molecular formula is C77H134O6. The summed E-state index contributed by atoms with van der Waals surface area (Å²) in [7, 11) is 0. The van der Waals surface area contributed by atoms with Crippen LogP contribution in [-0.4, -0.2) is 37.2 Å². The highest BCUT2D eigenvalue weighted by atomic mass is 16.6. The molecule has 6 heteroatoms. The summed E-state index contributed by atoms with van der Waals surface area (Å²) >= 11 is 0. The molecule has 0 aliphatic rings. The lowest BCUT2D eigenvalue weighted by molar-refractivity contribution is -0.167. The number of allylic oxidation sites excluding steroid dienone is 16. The normalized spacial score (nSPS) is 12.7. The zero-order valence-corrected chi connectivity index (χ0v) is 54.9. The summed E-state index contributed by atoms with van der Waals surface area (Å²) in [4.78, 5) is 38.4. The van der Waals surface area contributed by atoms with Gasteiger partial charge in [0.15, 0.2) is 6.10 Å². The van der Waals surface area contributed by atoms with Gasteiger partial charge in [-0.25, -0.2) is 0 Å². The average molecular weight is 1160 g/mol. The molecule has 0 spiro atoms. The Hall–Kier alpha value is -3.67. The van der Waals surface area contributed by atoms with Crippen molar-refractivity contribution < 1.29 is 28.6 Å². The molecule has 0 amide bonds. The second kappa shape index (κ2) is 70.8. The first-order valence-electron chi connectivity index (χ1n) is 35.7. The van der Waals surface area contributed by atoms with Crippen LogP contribution in [-0.2, 0) is 28.6 Å². The molecule has 0 heterocycles. The molecule has 0 aliphatic carbocycles. The van der Waals surface area contributed by atoms with Gasteiger partial charge in [-0.05, 0) is 103 Å². The predicted octanol–water partition coefficient (Wildman–Crippen LogP) is 24.8. The summed E-state index contributed by atoms with van der Waals surface area (Å²) in [5, 5.41) is 0. The molecule has 6 nitrogen and oxygen atoms in total. The Morgan fingerprint density at radius 3 is 0.747 bits per heavy atom. The van der Waals surface area contributed by atoms with E-state index in [2.05, 4.69) is 118 Å². The van der Waals surface area contributed by atoms with Gasteiger partial charge in [0, 0.05) is 19.3 Å². The van der Waals surface area contributed by atoms with Crippen LogP contribution in [0.2, 0.25) is 0 Å². The summed E-state index contributed by atoms with van der Waals surface area (Å²) in [6, 6.07) is 0.